The molecule has 3 aliphatic carbocycles. The number of amides is 1. The second-order valence-corrected chi connectivity index (χ2v) is 19.7. The Balaban J connectivity index is 1.38. The Morgan fingerprint density at radius 3 is 2.29 bits per heavy atom. The van der Waals surface area contributed by atoms with Crippen molar-refractivity contribution >= 4 is 24.0 Å². The minimum absolute atomic E-state index is 0.108. The molecule has 3 heterocycles. The Bertz CT molecular complexity index is 1970. The number of carbonyl (C=O) groups excluding carboxylic acids is 4. The summed E-state index contributed by atoms with van der Waals surface area (Å²) in [6.07, 6.45) is -11.1. The zero-order valence-corrected chi connectivity index (χ0v) is 37.4. The summed E-state index contributed by atoms with van der Waals surface area (Å²) in [5, 5.41) is 38.1. The number of alkyl halides is 2. The lowest BCUT2D eigenvalue weighted by Gasteiger charge is -2.68. The average molecular weight is 893 g/mol. The van der Waals surface area contributed by atoms with Gasteiger partial charge in [0.1, 0.15) is 36.1 Å². The van der Waals surface area contributed by atoms with Crippen LogP contribution in [0.1, 0.15) is 98.4 Å². The molecule has 1 aromatic rings. The van der Waals surface area contributed by atoms with E-state index in [4.69, 9.17) is 33.2 Å². The Kier molecular flexibility index (Phi) is 12.4. The van der Waals surface area contributed by atoms with Crippen LogP contribution in [0.5, 0.6) is 0 Å². The van der Waals surface area contributed by atoms with Crippen LogP contribution < -0.4 is 5.32 Å². The van der Waals surface area contributed by atoms with Crippen LogP contribution in [0.2, 0.25) is 0 Å². The molecule has 0 aromatic heterocycles. The molecule has 5 fully saturated rings. The van der Waals surface area contributed by atoms with E-state index in [0.29, 0.717) is 43.5 Å². The number of aliphatic hydroxyl groups is 3. The molecule has 0 spiro atoms. The van der Waals surface area contributed by atoms with E-state index in [1.165, 1.54) is 20.8 Å². The lowest BCUT2D eigenvalue weighted by Crippen LogP contribution is -2.79. The fourth-order valence-corrected chi connectivity index (χ4v) is 11.3. The van der Waals surface area contributed by atoms with E-state index in [2.05, 4.69) is 0 Å². The third kappa shape index (κ3) is 7.94. The minimum atomic E-state index is -3.46. The number of benzene rings is 1. The topological polar surface area (TPSA) is 209 Å². The predicted octanol–water partition coefficient (Wildman–Crippen LogP) is 3.82. The lowest BCUT2D eigenvalue weighted by atomic mass is 9.45. The van der Waals surface area contributed by atoms with Crippen molar-refractivity contribution in [1.29, 1.82) is 0 Å². The Morgan fingerprint density at radius 2 is 1.71 bits per heavy atom. The molecule has 3 aliphatic heterocycles. The van der Waals surface area contributed by atoms with E-state index < -0.39 is 125 Å². The Labute approximate surface area is 365 Å². The molecule has 63 heavy (non-hydrogen) atoms. The molecular formula is C45H62F2N2O14. The summed E-state index contributed by atoms with van der Waals surface area (Å²) in [6, 6.07) is 5.64. The second-order valence-electron chi connectivity index (χ2n) is 19.7. The molecule has 2 saturated carbocycles. The van der Waals surface area contributed by atoms with Crippen LogP contribution in [0.15, 0.2) is 41.5 Å². The molecular weight excluding hydrogens is 830 g/mol. The second kappa shape index (κ2) is 16.6. The zero-order valence-electron chi connectivity index (χ0n) is 37.4. The van der Waals surface area contributed by atoms with Gasteiger partial charge < -0.3 is 53.8 Å². The number of likely N-dealkylation sites (tertiary alicyclic amines) is 1. The quantitative estimate of drug-likeness (QED) is 0.134. The van der Waals surface area contributed by atoms with Crippen LogP contribution >= 0.6 is 0 Å². The smallest absolute Gasteiger partial charge is 0.407 e. The first-order valence-electron chi connectivity index (χ1n) is 21.8. The average Bonchev–Trinajstić information content (AvgIpc) is 3.59. The molecule has 4 N–H and O–H groups in total. The van der Waals surface area contributed by atoms with Gasteiger partial charge in [0.2, 0.25) is 0 Å². The SMILES string of the molecule is CCC1(O)CN(C[C@@H]2O[C@@H]3C4=C(C)[C@@H](OC(=O)[C@](C)(O)[C@@H](NC(=O)OC(C)C)C(F)F)C[C@@](O)([C@@H](OC(=O)c5ccccc5)[C@H]5[C@@](C)(CC[C@H]6OC[C@]65OC(C)=O)[C@@H]3O2)C4(C)C)C1. The normalized spacial score (nSPS) is 36.7. The van der Waals surface area contributed by atoms with E-state index in [1.54, 1.807) is 51.1 Å². The fraction of sp³-hybridized carbons (Fsp3) is 0.733. The van der Waals surface area contributed by atoms with Crippen LogP contribution in [0.4, 0.5) is 13.6 Å². The number of nitrogens with one attached hydrogen (secondary N) is 1. The number of carbonyl (C=O) groups is 4. The fourth-order valence-electron chi connectivity index (χ4n) is 11.3. The lowest BCUT2D eigenvalue weighted by molar-refractivity contribution is -0.345. The van der Waals surface area contributed by atoms with Crippen LogP contribution in [0.25, 0.3) is 0 Å². The van der Waals surface area contributed by atoms with Crippen molar-refractivity contribution in [3.63, 3.8) is 0 Å². The maximum atomic E-state index is 14.6. The van der Waals surface area contributed by atoms with Gasteiger partial charge in [0.15, 0.2) is 17.5 Å². The third-order valence-corrected chi connectivity index (χ3v) is 14.8. The molecule has 16 nitrogen and oxygen atoms in total. The standard InChI is InChI=1S/C45H62F2N2O14/c1-10-43(55)20-49(21-43)19-29-60-31-30-24(4)27(59-38(52)42(9,54)33(36(46)47)48-39(53)58-23(2)3)18-45(56,40(30,6)7)35(62-37(51)26-14-12-11-13-15-26)32-41(8,34(31)61-29)17-16-28-44(32,22-57-28)63-25(5)50/h11-15,23,27-29,31-36,54-56H,10,16-22H2,1-9H3,(H,48,53)/t27-,28+,29+,31+,32-,33-,34+,35-,41+,42+,44-,45+/m0/s1. The summed E-state index contributed by atoms with van der Waals surface area (Å²) < 4.78 is 73.0. The van der Waals surface area contributed by atoms with E-state index in [9.17, 15) is 43.3 Å². The molecule has 3 saturated heterocycles. The maximum Gasteiger partial charge on any atom is 0.407 e. The van der Waals surface area contributed by atoms with Gasteiger partial charge in [-0.3, -0.25) is 9.69 Å². The summed E-state index contributed by atoms with van der Waals surface area (Å²) in [4.78, 5) is 56.2. The first-order valence-corrected chi connectivity index (χ1v) is 21.8. The maximum absolute atomic E-state index is 14.6. The summed E-state index contributed by atoms with van der Waals surface area (Å²) >= 11 is 0. The third-order valence-electron chi connectivity index (χ3n) is 14.8. The number of hydrogen-bond acceptors (Lipinski definition) is 15. The van der Waals surface area contributed by atoms with E-state index in [0.717, 1.165) is 6.92 Å². The van der Waals surface area contributed by atoms with Gasteiger partial charge in [-0.25, -0.2) is 23.2 Å². The van der Waals surface area contributed by atoms with Gasteiger partial charge in [-0.1, -0.05) is 45.9 Å². The van der Waals surface area contributed by atoms with E-state index in [1.807, 2.05) is 24.1 Å². The van der Waals surface area contributed by atoms with Gasteiger partial charge in [0, 0.05) is 43.8 Å². The number of halogens is 2. The Hall–Kier alpha value is -3.78. The number of β-amino-alcohol motifs (C(OH)–C–C–N with tert-alkyl or cyclic N) is 1. The van der Waals surface area contributed by atoms with Gasteiger partial charge in [0.05, 0.1) is 35.9 Å². The minimum Gasteiger partial charge on any atom is -0.456 e. The summed E-state index contributed by atoms with van der Waals surface area (Å²) in [7, 11) is 0. The number of fused-ring (bicyclic) bond motifs is 8. The van der Waals surface area contributed by atoms with Gasteiger partial charge in [-0.15, -0.1) is 0 Å². The number of hydrogen-bond donors (Lipinski definition) is 4. The largest absolute Gasteiger partial charge is 0.456 e. The molecule has 1 amide bonds. The first-order chi connectivity index (χ1) is 29.3. The van der Waals surface area contributed by atoms with E-state index >= 15 is 0 Å². The van der Waals surface area contributed by atoms with Gasteiger partial charge in [0.25, 0.3) is 6.43 Å². The molecule has 1 aromatic carbocycles. The predicted molar refractivity (Wildman–Crippen MR) is 217 cm³/mol. The van der Waals surface area contributed by atoms with Gasteiger partial charge in [-0.2, -0.15) is 0 Å². The van der Waals surface area contributed by atoms with Crippen molar-refractivity contribution in [1.82, 2.24) is 10.2 Å². The Morgan fingerprint density at radius 1 is 1.05 bits per heavy atom. The molecule has 7 rings (SSSR count). The molecule has 0 radical (unpaired) electrons. The van der Waals surface area contributed by atoms with Crippen LogP contribution in [0, 0.1) is 16.7 Å². The van der Waals surface area contributed by atoms with E-state index in [-0.39, 0.29) is 18.7 Å². The number of ether oxygens (including phenoxy) is 7. The molecule has 18 heteroatoms. The highest BCUT2D eigenvalue weighted by Gasteiger charge is 2.77. The molecule has 350 valence electrons. The van der Waals surface area contributed by atoms with Crippen molar-refractivity contribution < 1.29 is 76.4 Å². The van der Waals surface area contributed by atoms with Crippen molar-refractivity contribution in [2.75, 3.05) is 26.2 Å². The number of esters is 3. The number of nitrogens with zero attached hydrogens (tertiary/aromatic N) is 1. The summed E-state index contributed by atoms with van der Waals surface area (Å²) in [6.45, 7) is 14.9. The number of rotatable bonds is 12. The van der Waals surface area contributed by atoms with Crippen molar-refractivity contribution in [3.8, 4) is 0 Å². The molecule has 12 atom stereocenters. The highest BCUT2D eigenvalue weighted by atomic mass is 19.3. The van der Waals surface area contributed by atoms with Crippen LogP contribution in [-0.2, 0) is 42.7 Å². The van der Waals surface area contributed by atoms with Gasteiger partial charge in [-0.05, 0) is 70.2 Å². The monoisotopic (exact) mass is 892 g/mol. The van der Waals surface area contributed by atoms with Crippen LogP contribution in [-0.4, -0.2) is 148 Å². The first kappa shape index (κ1) is 47.2. The molecule has 2 bridgehead atoms. The van der Waals surface area contributed by atoms with Crippen molar-refractivity contribution in [2.45, 2.75) is 166 Å². The van der Waals surface area contributed by atoms with Crippen molar-refractivity contribution in [3.05, 3.63) is 47.0 Å². The molecule has 6 aliphatic rings. The molecule has 0 unspecified atom stereocenters. The highest BCUT2D eigenvalue weighted by Crippen LogP contribution is 2.66. The van der Waals surface area contributed by atoms with Gasteiger partial charge >= 0.3 is 24.0 Å². The summed E-state index contributed by atoms with van der Waals surface area (Å²) in [5.74, 6) is -4.05. The highest BCUT2D eigenvalue weighted by molar-refractivity contribution is 5.89. The summed E-state index contributed by atoms with van der Waals surface area (Å²) in [5.41, 5.74) is -9.14. The zero-order chi connectivity index (χ0) is 46.2. The number of alkyl carbamates (subject to hydrolysis) is 1. The van der Waals surface area contributed by atoms with Crippen molar-refractivity contribution in [2.24, 2.45) is 16.7 Å². The van der Waals surface area contributed by atoms with Crippen LogP contribution in [0.3, 0.4) is 0 Å².